The maximum Gasteiger partial charge on any atom is 0.123 e. The van der Waals surface area contributed by atoms with Crippen molar-refractivity contribution in [2.75, 3.05) is 6.61 Å². The Balaban J connectivity index is 2.07. The first-order valence-electron chi connectivity index (χ1n) is 6.23. The summed E-state index contributed by atoms with van der Waals surface area (Å²) >= 11 is 1.56. The minimum absolute atomic E-state index is 0.367. The molecule has 2 aromatic rings. The number of hydrogen-bond acceptors (Lipinski definition) is 4. The summed E-state index contributed by atoms with van der Waals surface area (Å²) in [6.07, 6.45) is 0.367. The Hall–Kier alpha value is -1.86. The Labute approximate surface area is 117 Å². The van der Waals surface area contributed by atoms with Gasteiger partial charge in [0.15, 0.2) is 0 Å². The summed E-state index contributed by atoms with van der Waals surface area (Å²) in [4.78, 5) is 4.43. The topological polar surface area (TPSA) is 45.9 Å². The average Bonchev–Trinajstić information content (AvgIpc) is 2.86. The quantitative estimate of drug-likeness (QED) is 0.829. The van der Waals surface area contributed by atoms with Gasteiger partial charge in [-0.25, -0.2) is 4.98 Å². The molecule has 1 aromatic heterocycles. The molecule has 0 spiro atoms. The number of nitriles is 1. The van der Waals surface area contributed by atoms with Gasteiger partial charge in [0.05, 0.1) is 24.8 Å². The number of thiazole rings is 1. The summed E-state index contributed by atoms with van der Waals surface area (Å²) < 4.78 is 5.64. The highest BCUT2D eigenvalue weighted by Gasteiger charge is 2.05. The summed E-state index contributed by atoms with van der Waals surface area (Å²) in [5, 5.41) is 11.5. The van der Waals surface area contributed by atoms with Gasteiger partial charge >= 0.3 is 0 Å². The molecule has 2 rings (SSSR count). The van der Waals surface area contributed by atoms with Gasteiger partial charge in [0.1, 0.15) is 10.8 Å². The monoisotopic (exact) mass is 272 g/mol. The third-order valence-electron chi connectivity index (χ3n) is 2.50. The Morgan fingerprint density at radius 1 is 1.32 bits per heavy atom. The SMILES string of the molecule is CC(C)COc1ccc(-c2nc(CC#N)cs2)cc1. The molecule has 0 fully saturated rings. The molecule has 3 nitrogen and oxygen atoms in total. The first-order chi connectivity index (χ1) is 9.19. The predicted molar refractivity (Wildman–Crippen MR) is 77.2 cm³/mol. The molecule has 0 atom stereocenters. The van der Waals surface area contributed by atoms with Crippen molar-refractivity contribution in [3.05, 3.63) is 35.3 Å². The number of rotatable bonds is 5. The van der Waals surface area contributed by atoms with E-state index < -0.39 is 0 Å². The molecule has 1 heterocycles. The summed E-state index contributed by atoms with van der Waals surface area (Å²) in [7, 11) is 0. The van der Waals surface area contributed by atoms with Crippen molar-refractivity contribution in [1.29, 1.82) is 5.26 Å². The summed E-state index contributed by atoms with van der Waals surface area (Å²) in [5.74, 6) is 1.40. The molecule has 0 radical (unpaired) electrons. The van der Waals surface area contributed by atoms with Crippen molar-refractivity contribution >= 4 is 11.3 Å². The van der Waals surface area contributed by atoms with Gasteiger partial charge in [-0.2, -0.15) is 5.26 Å². The second-order valence-electron chi connectivity index (χ2n) is 4.71. The number of aromatic nitrogens is 1. The lowest BCUT2D eigenvalue weighted by atomic mass is 10.2. The minimum atomic E-state index is 0.367. The zero-order valence-electron chi connectivity index (χ0n) is 11.1. The van der Waals surface area contributed by atoms with Crippen LogP contribution in [0.2, 0.25) is 0 Å². The Morgan fingerprint density at radius 2 is 2.05 bits per heavy atom. The highest BCUT2D eigenvalue weighted by atomic mass is 32.1. The van der Waals surface area contributed by atoms with Crippen LogP contribution in [0.15, 0.2) is 29.6 Å². The minimum Gasteiger partial charge on any atom is -0.493 e. The maximum atomic E-state index is 8.64. The smallest absolute Gasteiger partial charge is 0.123 e. The van der Waals surface area contributed by atoms with Gasteiger partial charge in [-0.15, -0.1) is 11.3 Å². The van der Waals surface area contributed by atoms with E-state index in [4.69, 9.17) is 10.00 Å². The largest absolute Gasteiger partial charge is 0.493 e. The molecule has 0 saturated carbocycles. The van der Waals surface area contributed by atoms with Crippen LogP contribution in [0.1, 0.15) is 19.5 Å². The highest BCUT2D eigenvalue weighted by molar-refractivity contribution is 7.13. The van der Waals surface area contributed by atoms with Crippen LogP contribution in [0.25, 0.3) is 10.6 Å². The van der Waals surface area contributed by atoms with E-state index in [0.29, 0.717) is 12.3 Å². The Bertz CT molecular complexity index is 567. The van der Waals surface area contributed by atoms with E-state index in [1.54, 1.807) is 11.3 Å². The lowest BCUT2D eigenvalue weighted by Gasteiger charge is -2.08. The molecule has 0 bridgehead atoms. The van der Waals surface area contributed by atoms with Crippen molar-refractivity contribution < 1.29 is 4.74 Å². The fourth-order valence-corrected chi connectivity index (χ4v) is 2.38. The first kappa shape index (κ1) is 13.6. The molecule has 0 aliphatic rings. The zero-order valence-corrected chi connectivity index (χ0v) is 11.9. The van der Waals surface area contributed by atoms with E-state index >= 15 is 0 Å². The molecule has 0 unspecified atom stereocenters. The highest BCUT2D eigenvalue weighted by Crippen LogP contribution is 2.26. The van der Waals surface area contributed by atoms with Crippen molar-refractivity contribution in [3.63, 3.8) is 0 Å². The number of ether oxygens (including phenoxy) is 1. The van der Waals surface area contributed by atoms with E-state index in [1.807, 2.05) is 29.6 Å². The summed E-state index contributed by atoms with van der Waals surface area (Å²) in [6, 6.07) is 10.0. The van der Waals surface area contributed by atoms with E-state index in [0.717, 1.165) is 28.6 Å². The normalized spacial score (nSPS) is 10.4. The standard InChI is InChI=1S/C15H16N2OS/c1-11(2)9-18-14-5-3-12(4-6-14)15-17-13(7-8-16)10-19-15/h3-6,10-11H,7,9H2,1-2H3. The molecule has 0 aliphatic heterocycles. The van der Waals surface area contributed by atoms with E-state index in [-0.39, 0.29) is 0 Å². The van der Waals surface area contributed by atoms with Crippen LogP contribution in [0, 0.1) is 17.2 Å². The maximum absolute atomic E-state index is 8.64. The van der Waals surface area contributed by atoms with Crippen LogP contribution in [-0.2, 0) is 6.42 Å². The number of nitrogens with zero attached hydrogens (tertiary/aromatic N) is 2. The Kier molecular flexibility index (Phi) is 4.53. The number of benzene rings is 1. The third kappa shape index (κ3) is 3.80. The lowest BCUT2D eigenvalue weighted by Crippen LogP contribution is -2.04. The molecular weight excluding hydrogens is 256 g/mol. The Morgan fingerprint density at radius 3 is 2.68 bits per heavy atom. The van der Waals surface area contributed by atoms with Gasteiger partial charge in [-0.1, -0.05) is 13.8 Å². The molecule has 0 aliphatic carbocycles. The molecule has 1 aromatic carbocycles. The molecule has 4 heteroatoms. The van der Waals surface area contributed by atoms with Gasteiger partial charge in [0.25, 0.3) is 0 Å². The second kappa shape index (κ2) is 6.35. The molecule has 0 saturated heterocycles. The van der Waals surface area contributed by atoms with Crippen molar-refractivity contribution in [3.8, 4) is 22.4 Å². The summed E-state index contributed by atoms with van der Waals surface area (Å²) in [5.41, 5.74) is 1.90. The predicted octanol–water partition coefficient (Wildman–Crippen LogP) is 3.91. The van der Waals surface area contributed by atoms with Crippen LogP contribution in [0.3, 0.4) is 0 Å². The van der Waals surface area contributed by atoms with Gasteiger partial charge in [-0.05, 0) is 30.2 Å². The molecule has 0 amide bonds. The summed E-state index contributed by atoms with van der Waals surface area (Å²) in [6.45, 7) is 4.98. The van der Waals surface area contributed by atoms with Gasteiger partial charge in [0, 0.05) is 10.9 Å². The van der Waals surface area contributed by atoms with Gasteiger partial charge < -0.3 is 4.74 Å². The van der Waals surface area contributed by atoms with Crippen molar-refractivity contribution in [2.24, 2.45) is 5.92 Å². The van der Waals surface area contributed by atoms with Crippen molar-refractivity contribution in [1.82, 2.24) is 4.98 Å². The molecule has 0 N–H and O–H groups in total. The first-order valence-corrected chi connectivity index (χ1v) is 7.11. The van der Waals surface area contributed by atoms with Gasteiger partial charge in [-0.3, -0.25) is 0 Å². The van der Waals surface area contributed by atoms with E-state index in [1.165, 1.54) is 0 Å². The third-order valence-corrected chi connectivity index (χ3v) is 3.44. The van der Waals surface area contributed by atoms with Crippen LogP contribution < -0.4 is 4.74 Å². The lowest BCUT2D eigenvalue weighted by molar-refractivity contribution is 0.271. The fraction of sp³-hybridized carbons (Fsp3) is 0.333. The van der Waals surface area contributed by atoms with Crippen LogP contribution in [0.4, 0.5) is 0 Å². The second-order valence-corrected chi connectivity index (χ2v) is 5.57. The van der Waals surface area contributed by atoms with Crippen LogP contribution in [0.5, 0.6) is 5.75 Å². The van der Waals surface area contributed by atoms with Crippen LogP contribution >= 0.6 is 11.3 Å². The van der Waals surface area contributed by atoms with Crippen LogP contribution in [-0.4, -0.2) is 11.6 Å². The van der Waals surface area contributed by atoms with Gasteiger partial charge in [0.2, 0.25) is 0 Å². The molecule has 98 valence electrons. The molecule has 19 heavy (non-hydrogen) atoms. The van der Waals surface area contributed by atoms with Crippen molar-refractivity contribution in [2.45, 2.75) is 20.3 Å². The average molecular weight is 272 g/mol. The zero-order chi connectivity index (χ0) is 13.7. The number of hydrogen-bond donors (Lipinski definition) is 0. The molecular formula is C15H16N2OS. The van der Waals surface area contributed by atoms with E-state index in [2.05, 4.69) is 24.9 Å². The fourth-order valence-electron chi connectivity index (χ4n) is 1.56. The van der Waals surface area contributed by atoms with E-state index in [9.17, 15) is 0 Å².